The zero-order valence-electron chi connectivity index (χ0n) is 16.0. The van der Waals surface area contributed by atoms with Crippen molar-refractivity contribution in [3.05, 3.63) is 34.4 Å². The second kappa shape index (κ2) is 8.33. The second-order valence-corrected chi connectivity index (χ2v) is 8.00. The minimum atomic E-state index is 0.0397. The van der Waals surface area contributed by atoms with Gasteiger partial charge in [-0.3, -0.25) is 9.69 Å². The number of piperidine rings is 1. The van der Waals surface area contributed by atoms with Crippen molar-refractivity contribution in [1.82, 2.24) is 15.5 Å². The number of rotatable bonds is 5. The number of carbonyl (C=O) groups excluding carboxylic acids is 1. The van der Waals surface area contributed by atoms with Crippen LogP contribution in [0.2, 0.25) is 0 Å². The SMILES string of the molecule is Cc1cc(C)c(CN2CCCC(CNC(=O)C3CCCN3)C2)cc1C. The van der Waals surface area contributed by atoms with Gasteiger partial charge in [-0.05, 0) is 87.7 Å². The molecule has 0 saturated carbocycles. The number of amides is 1. The van der Waals surface area contributed by atoms with Crippen LogP contribution in [0, 0.1) is 26.7 Å². The Hall–Kier alpha value is -1.39. The predicted molar refractivity (Wildman–Crippen MR) is 103 cm³/mol. The molecule has 2 heterocycles. The molecular formula is C21H33N3O. The van der Waals surface area contributed by atoms with Crippen LogP contribution in [-0.2, 0) is 11.3 Å². The van der Waals surface area contributed by atoms with Gasteiger partial charge in [-0.15, -0.1) is 0 Å². The molecule has 2 N–H and O–H groups in total. The number of likely N-dealkylation sites (tertiary alicyclic amines) is 1. The molecule has 2 aliphatic heterocycles. The molecule has 1 aromatic carbocycles. The monoisotopic (exact) mass is 343 g/mol. The molecule has 0 spiro atoms. The average molecular weight is 344 g/mol. The number of carbonyl (C=O) groups is 1. The zero-order chi connectivity index (χ0) is 17.8. The number of hydrogen-bond donors (Lipinski definition) is 2. The predicted octanol–water partition coefficient (Wildman–Crippen LogP) is 2.69. The van der Waals surface area contributed by atoms with Crippen LogP contribution in [0.4, 0.5) is 0 Å². The van der Waals surface area contributed by atoms with Crippen molar-refractivity contribution >= 4 is 5.91 Å². The minimum Gasteiger partial charge on any atom is -0.354 e. The third kappa shape index (κ3) is 4.83. The van der Waals surface area contributed by atoms with E-state index in [0.717, 1.165) is 39.0 Å². The molecule has 1 amide bonds. The molecule has 4 nitrogen and oxygen atoms in total. The topological polar surface area (TPSA) is 44.4 Å². The maximum Gasteiger partial charge on any atom is 0.237 e. The molecule has 2 aliphatic rings. The highest BCUT2D eigenvalue weighted by Gasteiger charge is 2.24. The Morgan fingerprint density at radius 2 is 1.96 bits per heavy atom. The molecule has 0 aliphatic carbocycles. The Bertz CT molecular complexity index is 607. The van der Waals surface area contributed by atoms with Gasteiger partial charge in [0, 0.05) is 19.6 Å². The van der Waals surface area contributed by atoms with Crippen LogP contribution in [-0.4, -0.2) is 43.0 Å². The van der Waals surface area contributed by atoms with E-state index in [1.807, 2.05) is 0 Å². The minimum absolute atomic E-state index is 0.0397. The average Bonchev–Trinajstić information content (AvgIpc) is 3.13. The number of nitrogens with one attached hydrogen (secondary N) is 2. The fourth-order valence-electron chi connectivity index (χ4n) is 4.17. The van der Waals surface area contributed by atoms with Crippen molar-refractivity contribution in [2.75, 3.05) is 26.2 Å². The summed E-state index contributed by atoms with van der Waals surface area (Å²) >= 11 is 0. The molecule has 0 radical (unpaired) electrons. The lowest BCUT2D eigenvalue weighted by Gasteiger charge is -2.33. The molecule has 1 aromatic rings. The fourth-order valence-corrected chi connectivity index (χ4v) is 4.17. The summed E-state index contributed by atoms with van der Waals surface area (Å²) in [7, 11) is 0. The van der Waals surface area contributed by atoms with Gasteiger partial charge < -0.3 is 10.6 Å². The highest BCUT2D eigenvalue weighted by atomic mass is 16.2. The van der Waals surface area contributed by atoms with E-state index in [9.17, 15) is 4.79 Å². The van der Waals surface area contributed by atoms with Gasteiger partial charge in [0.1, 0.15) is 0 Å². The first-order valence-corrected chi connectivity index (χ1v) is 9.83. The van der Waals surface area contributed by atoms with E-state index in [-0.39, 0.29) is 11.9 Å². The van der Waals surface area contributed by atoms with Crippen LogP contribution < -0.4 is 10.6 Å². The van der Waals surface area contributed by atoms with Crippen LogP contribution in [0.1, 0.15) is 47.9 Å². The quantitative estimate of drug-likeness (QED) is 0.864. The van der Waals surface area contributed by atoms with Gasteiger partial charge >= 0.3 is 0 Å². The molecule has 0 bridgehead atoms. The van der Waals surface area contributed by atoms with Crippen molar-refractivity contribution in [2.45, 2.75) is 59.0 Å². The van der Waals surface area contributed by atoms with Crippen molar-refractivity contribution in [1.29, 1.82) is 0 Å². The third-order valence-electron chi connectivity index (χ3n) is 5.89. The van der Waals surface area contributed by atoms with Gasteiger partial charge in [-0.25, -0.2) is 0 Å². The first-order chi connectivity index (χ1) is 12.0. The molecule has 4 heteroatoms. The van der Waals surface area contributed by atoms with Crippen LogP contribution in [0.25, 0.3) is 0 Å². The van der Waals surface area contributed by atoms with Gasteiger partial charge in [-0.2, -0.15) is 0 Å². The summed E-state index contributed by atoms with van der Waals surface area (Å²) in [6, 6.07) is 4.70. The summed E-state index contributed by atoms with van der Waals surface area (Å²) in [6.07, 6.45) is 4.55. The Balaban J connectivity index is 1.51. The zero-order valence-corrected chi connectivity index (χ0v) is 16.0. The summed E-state index contributed by atoms with van der Waals surface area (Å²) < 4.78 is 0. The molecule has 2 fully saturated rings. The molecule has 2 unspecified atom stereocenters. The smallest absolute Gasteiger partial charge is 0.237 e. The summed E-state index contributed by atoms with van der Waals surface area (Å²) in [6.45, 7) is 11.7. The highest BCUT2D eigenvalue weighted by molar-refractivity contribution is 5.81. The van der Waals surface area contributed by atoms with Crippen molar-refractivity contribution < 1.29 is 4.79 Å². The van der Waals surface area contributed by atoms with Gasteiger partial charge in [0.15, 0.2) is 0 Å². The molecule has 3 rings (SSSR count). The van der Waals surface area contributed by atoms with E-state index in [1.54, 1.807) is 0 Å². The number of nitrogens with zero attached hydrogens (tertiary/aromatic N) is 1. The summed E-state index contributed by atoms with van der Waals surface area (Å²) in [5, 5.41) is 6.46. The van der Waals surface area contributed by atoms with Crippen LogP contribution >= 0.6 is 0 Å². The van der Waals surface area contributed by atoms with Gasteiger partial charge in [0.05, 0.1) is 6.04 Å². The van der Waals surface area contributed by atoms with Crippen molar-refractivity contribution in [3.8, 4) is 0 Å². The van der Waals surface area contributed by atoms with Crippen LogP contribution in [0.5, 0.6) is 0 Å². The van der Waals surface area contributed by atoms with E-state index in [4.69, 9.17) is 0 Å². The van der Waals surface area contributed by atoms with E-state index in [1.165, 1.54) is 41.6 Å². The summed E-state index contributed by atoms with van der Waals surface area (Å²) in [4.78, 5) is 14.7. The standard InChI is InChI=1S/C21H33N3O/c1-15-10-17(3)19(11-16(15)2)14-24-9-5-6-18(13-24)12-23-21(25)20-7-4-8-22-20/h10-11,18,20,22H,4-9,12-14H2,1-3H3,(H,23,25). The van der Waals surface area contributed by atoms with Crippen molar-refractivity contribution in [3.63, 3.8) is 0 Å². The van der Waals surface area contributed by atoms with E-state index >= 15 is 0 Å². The molecular weight excluding hydrogens is 310 g/mol. The van der Waals surface area contributed by atoms with Crippen LogP contribution in [0.15, 0.2) is 12.1 Å². The van der Waals surface area contributed by atoms with E-state index in [0.29, 0.717) is 5.92 Å². The van der Waals surface area contributed by atoms with E-state index < -0.39 is 0 Å². The first kappa shape index (κ1) is 18.4. The van der Waals surface area contributed by atoms with E-state index in [2.05, 4.69) is 48.4 Å². The lowest BCUT2D eigenvalue weighted by molar-refractivity contribution is -0.123. The Morgan fingerprint density at radius 3 is 2.72 bits per heavy atom. The Morgan fingerprint density at radius 1 is 1.16 bits per heavy atom. The molecule has 138 valence electrons. The molecule has 2 saturated heterocycles. The molecule has 25 heavy (non-hydrogen) atoms. The normalized spacial score (nSPS) is 24.4. The second-order valence-electron chi connectivity index (χ2n) is 8.00. The van der Waals surface area contributed by atoms with Crippen molar-refractivity contribution in [2.24, 2.45) is 5.92 Å². The van der Waals surface area contributed by atoms with Gasteiger partial charge in [-0.1, -0.05) is 12.1 Å². The lowest BCUT2D eigenvalue weighted by Crippen LogP contribution is -2.45. The summed E-state index contributed by atoms with van der Waals surface area (Å²) in [5.74, 6) is 0.769. The third-order valence-corrected chi connectivity index (χ3v) is 5.89. The molecule has 2 atom stereocenters. The van der Waals surface area contributed by atoms with Gasteiger partial charge in [0.25, 0.3) is 0 Å². The largest absolute Gasteiger partial charge is 0.354 e. The highest BCUT2D eigenvalue weighted by Crippen LogP contribution is 2.21. The van der Waals surface area contributed by atoms with Gasteiger partial charge in [0.2, 0.25) is 5.91 Å². The first-order valence-electron chi connectivity index (χ1n) is 9.83. The Kier molecular flexibility index (Phi) is 6.13. The van der Waals surface area contributed by atoms with Crippen LogP contribution in [0.3, 0.4) is 0 Å². The number of benzene rings is 1. The summed E-state index contributed by atoms with van der Waals surface area (Å²) in [5.41, 5.74) is 5.60. The lowest BCUT2D eigenvalue weighted by atomic mass is 9.95. The number of aryl methyl sites for hydroxylation is 3. The Labute approximate surface area is 152 Å². The molecule has 0 aromatic heterocycles. The maximum atomic E-state index is 12.2. The maximum absolute atomic E-state index is 12.2. The number of hydrogen-bond acceptors (Lipinski definition) is 3. The fraction of sp³-hybridized carbons (Fsp3) is 0.667.